The van der Waals surface area contributed by atoms with Crippen LogP contribution in [0.1, 0.15) is 68.4 Å². The maximum absolute atomic E-state index is 12.3. The fraction of sp³-hybridized carbons (Fsp3) is 0.484. The molecular weight excluding hydrogens is 568 g/mol. The lowest BCUT2D eigenvalue weighted by Crippen LogP contribution is -2.10. The number of esters is 2. The molecule has 2 rings (SSSR count). The molecule has 0 aliphatic carbocycles. The number of carbonyl (C=O) groups excluding carboxylic acids is 4. The molecule has 0 spiro atoms. The smallest absolute Gasteiger partial charge is 0.306 e. The molecular formula is C31H45ClO10. The fourth-order valence-corrected chi connectivity index (χ4v) is 3.37. The molecule has 2 aromatic rings. The van der Waals surface area contributed by atoms with E-state index in [0.717, 1.165) is 22.6 Å². The van der Waals surface area contributed by atoms with Crippen molar-refractivity contribution in [1.82, 2.24) is 0 Å². The lowest BCUT2D eigenvalue weighted by Gasteiger charge is -2.13. The number of Topliss-reactive ketones (excluding diaryl/α,β-unsaturated/α-hetero) is 1. The van der Waals surface area contributed by atoms with E-state index in [1.165, 1.54) is 14.2 Å². The van der Waals surface area contributed by atoms with Gasteiger partial charge >= 0.3 is 11.9 Å². The molecule has 0 saturated heterocycles. The van der Waals surface area contributed by atoms with Gasteiger partial charge in [-0.05, 0) is 74.7 Å². The number of halogens is 1. The zero-order valence-electron chi connectivity index (χ0n) is 25.1. The van der Waals surface area contributed by atoms with Gasteiger partial charge in [-0.25, -0.2) is 0 Å². The molecule has 0 aliphatic rings. The Morgan fingerprint density at radius 1 is 0.619 bits per heavy atom. The number of hydrogen-bond donors (Lipinski definition) is 0. The normalized spacial score (nSPS) is 9.36. The zero-order chi connectivity index (χ0) is 31.4. The average molecular weight is 613 g/mol. The molecule has 0 heterocycles. The SMILES string of the molecule is C.CCOC(=O)CCC(=O)Cl.CCOC(=O)CCC(=O)c1c(OC)cc(C)cc1OC.COc1cc(C)cc(OC)c1. The number of ether oxygens (including phenoxy) is 6. The summed E-state index contributed by atoms with van der Waals surface area (Å²) < 4.78 is 29.9. The minimum Gasteiger partial charge on any atom is -0.497 e. The first-order chi connectivity index (χ1) is 19.4. The second-order valence-electron chi connectivity index (χ2n) is 8.32. The first-order valence-corrected chi connectivity index (χ1v) is 13.3. The predicted octanol–water partition coefficient (Wildman–Crippen LogP) is 6.28. The zero-order valence-corrected chi connectivity index (χ0v) is 25.8. The second-order valence-corrected chi connectivity index (χ2v) is 8.74. The molecule has 0 fully saturated rings. The molecule has 2 aromatic carbocycles. The lowest BCUT2D eigenvalue weighted by molar-refractivity contribution is -0.144. The Labute approximate surface area is 254 Å². The van der Waals surface area contributed by atoms with Gasteiger partial charge in [0.15, 0.2) is 5.78 Å². The Balaban J connectivity index is 0. The molecule has 42 heavy (non-hydrogen) atoms. The molecule has 0 N–H and O–H groups in total. The van der Waals surface area contributed by atoms with Crippen LogP contribution in [0.2, 0.25) is 0 Å². The number of aryl methyl sites for hydroxylation is 2. The van der Waals surface area contributed by atoms with E-state index in [-0.39, 0.29) is 50.8 Å². The molecule has 0 atom stereocenters. The van der Waals surface area contributed by atoms with Crippen LogP contribution in [0, 0.1) is 13.8 Å². The number of methoxy groups -OCH3 is 4. The van der Waals surface area contributed by atoms with Gasteiger partial charge in [0.05, 0.1) is 54.5 Å². The van der Waals surface area contributed by atoms with Crippen LogP contribution in [-0.2, 0) is 23.9 Å². The van der Waals surface area contributed by atoms with Crippen LogP contribution in [-0.4, -0.2) is 64.6 Å². The summed E-state index contributed by atoms with van der Waals surface area (Å²) in [6.07, 6.45) is 0.248. The van der Waals surface area contributed by atoms with Crippen molar-refractivity contribution in [3.05, 3.63) is 47.0 Å². The summed E-state index contributed by atoms with van der Waals surface area (Å²) in [5.74, 6) is 1.62. The van der Waals surface area contributed by atoms with Crippen LogP contribution in [0.4, 0.5) is 0 Å². The summed E-state index contributed by atoms with van der Waals surface area (Å²) in [7, 11) is 6.29. The molecule has 236 valence electrons. The van der Waals surface area contributed by atoms with Gasteiger partial charge < -0.3 is 28.4 Å². The highest BCUT2D eigenvalue weighted by Gasteiger charge is 2.20. The van der Waals surface area contributed by atoms with E-state index >= 15 is 0 Å². The van der Waals surface area contributed by atoms with Crippen LogP contribution in [0.5, 0.6) is 23.0 Å². The molecule has 0 bridgehead atoms. The van der Waals surface area contributed by atoms with Crippen molar-refractivity contribution in [2.75, 3.05) is 41.7 Å². The van der Waals surface area contributed by atoms with E-state index in [4.69, 9.17) is 35.3 Å². The largest absolute Gasteiger partial charge is 0.497 e. The van der Waals surface area contributed by atoms with Gasteiger partial charge in [0.2, 0.25) is 5.24 Å². The highest BCUT2D eigenvalue weighted by molar-refractivity contribution is 6.63. The third-order valence-electron chi connectivity index (χ3n) is 5.12. The van der Waals surface area contributed by atoms with Gasteiger partial charge in [-0.15, -0.1) is 0 Å². The topological polar surface area (TPSA) is 124 Å². The van der Waals surface area contributed by atoms with Crippen molar-refractivity contribution in [2.24, 2.45) is 0 Å². The minimum absolute atomic E-state index is 0. The summed E-state index contributed by atoms with van der Waals surface area (Å²) in [5.41, 5.74) is 2.44. The molecule has 0 unspecified atom stereocenters. The van der Waals surface area contributed by atoms with Gasteiger partial charge in [0.25, 0.3) is 0 Å². The molecule has 0 saturated carbocycles. The number of ketones is 1. The van der Waals surface area contributed by atoms with E-state index in [0.29, 0.717) is 30.3 Å². The van der Waals surface area contributed by atoms with Gasteiger partial charge in [0.1, 0.15) is 28.6 Å². The van der Waals surface area contributed by atoms with E-state index in [1.54, 1.807) is 40.2 Å². The minimum atomic E-state index is -0.506. The van der Waals surface area contributed by atoms with Crippen LogP contribution < -0.4 is 18.9 Å². The van der Waals surface area contributed by atoms with Crippen molar-refractivity contribution < 1.29 is 47.6 Å². The Morgan fingerprint density at radius 2 is 1.02 bits per heavy atom. The molecule has 10 nitrogen and oxygen atoms in total. The van der Waals surface area contributed by atoms with E-state index in [9.17, 15) is 19.2 Å². The van der Waals surface area contributed by atoms with Crippen molar-refractivity contribution in [3.63, 3.8) is 0 Å². The monoisotopic (exact) mass is 612 g/mol. The van der Waals surface area contributed by atoms with Gasteiger partial charge in [0, 0.05) is 18.9 Å². The van der Waals surface area contributed by atoms with Crippen molar-refractivity contribution in [3.8, 4) is 23.0 Å². The Kier molecular flexibility index (Phi) is 22.0. The standard InChI is InChI=1S/C15H20O5.C9H12O2.C6H9ClO3.CH4/c1-5-20-14(17)7-6-11(16)15-12(18-3)8-10(2)9-13(15)19-4;1-7-4-8(10-2)6-9(5-7)11-3;1-2-10-6(9)4-3-5(7)8;/h8-9H,5-7H2,1-4H3;4-6H,1-3H3;2-4H2,1H3;1H4. The maximum atomic E-state index is 12.3. The van der Waals surface area contributed by atoms with Crippen molar-refractivity contribution >= 4 is 34.6 Å². The molecule has 0 aliphatic heterocycles. The number of hydrogen-bond acceptors (Lipinski definition) is 10. The summed E-state index contributed by atoms with van der Waals surface area (Å²) in [6.45, 7) is 7.98. The van der Waals surface area contributed by atoms with Gasteiger partial charge in [-0.1, -0.05) is 7.43 Å². The van der Waals surface area contributed by atoms with Crippen LogP contribution in [0.15, 0.2) is 30.3 Å². The molecule has 0 radical (unpaired) electrons. The van der Waals surface area contributed by atoms with Gasteiger partial charge in [-0.3, -0.25) is 19.2 Å². The van der Waals surface area contributed by atoms with E-state index in [1.807, 2.05) is 32.0 Å². The third-order valence-corrected chi connectivity index (χ3v) is 5.31. The summed E-state index contributed by atoms with van der Waals surface area (Å²) in [4.78, 5) is 44.2. The molecule has 11 heteroatoms. The predicted molar refractivity (Wildman–Crippen MR) is 162 cm³/mol. The van der Waals surface area contributed by atoms with E-state index < -0.39 is 5.24 Å². The quantitative estimate of drug-likeness (QED) is 0.145. The number of rotatable bonds is 13. The highest BCUT2D eigenvalue weighted by atomic mass is 35.5. The summed E-state index contributed by atoms with van der Waals surface area (Å²) in [6, 6.07) is 9.30. The number of benzene rings is 2. The van der Waals surface area contributed by atoms with Crippen molar-refractivity contribution in [1.29, 1.82) is 0 Å². The Morgan fingerprint density at radius 3 is 1.38 bits per heavy atom. The van der Waals surface area contributed by atoms with Crippen LogP contribution in [0.3, 0.4) is 0 Å². The highest BCUT2D eigenvalue weighted by Crippen LogP contribution is 2.31. The first-order valence-electron chi connectivity index (χ1n) is 12.9. The molecule has 0 amide bonds. The first kappa shape index (κ1) is 40.3. The molecule has 0 aromatic heterocycles. The average Bonchev–Trinajstić information content (AvgIpc) is 2.94. The Bertz CT molecular complexity index is 1080. The van der Waals surface area contributed by atoms with Crippen molar-refractivity contribution in [2.45, 2.75) is 60.8 Å². The summed E-state index contributed by atoms with van der Waals surface area (Å²) in [5, 5.41) is -0.506. The number of carbonyl (C=O) groups is 4. The third kappa shape index (κ3) is 16.5. The van der Waals surface area contributed by atoms with E-state index in [2.05, 4.69) is 4.74 Å². The van der Waals surface area contributed by atoms with Crippen LogP contribution in [0.25, 0.3) is 0 Å². The second kappa shape index (κ2) is 22.8. The fourth-order valence-electron chi connectivity index (χ4n) is 3.27. The maximum Gasteiger partial charge on any atom is 0.306 e. The summed E-state index contributed by atoms with van der Waals surface area (Å²) >= 11 is 4.98. The van der Waals surface area contributed by atoms with Gasteiger partial charge in [-0.2, -0.15) is 0 Å². The van der Waals surface area contributed by atoms with Crippen LogP contribution >= 0.6 is 11.6 Å². The lowest BCUT2D eigenvalue weighted by atomic mass is 10.0. The Hall–Kier alpha value is -3.79.